The number of nitrogens with zero attached hydrogens (tertiary/aromatic N) is 2. The predicted octanol–water partition coefficient (Wildman–Crippen LogP) is 3.04. The number of anilines is 1. The number of benzene rings is 2. The van der Waals surface area contributed by atoms with Crippen LogP contribution >= 0.6 is 15.9 Å². The van der Waals surface area contributed by atoms with Crippen molar-refractivity contribution in [3.63, 3.8) is 0 Å². The van der Waals surface area contributed by atoms with Crippen molar-refractivity contribution in [2.24, 2.45) is 0 Å². The zero-order valence-electron chi connectivity index (χ0n) is 11.6. The number of alkyl halides is 1. The van der Waals surface area contributed by atoms with Crippen molar-refractivity contribution < 1.29 is 9.90 Å². The number of carbonyl (C=O) groups excluding carboxylic acids is 1. The van der Waals surface area contributed by atoms with Crippen LogP contribution in [-0.4, -0.2) is 21.9 Å². The van der Waals surface area contributed by atoms with Gasteiger partial charge in [0.2, 0.25) is 0 Å². The van der Waals surface area contributed by atoms with Gasteiger partial charge in [-0.2, -0.15) is 5.26 Å². The molecular formula is C17H13BrN2O2. The maximum absolute atomic E-state index is 12.9. The van der Waals surface area contributed by atoms with Gasteiger partial charge in [0.25, 0.3) is 5.91 Å². The van der Waals surface area contributed by atoms with Gasteiger partial charge < -0.3 is 5.11 Å². The molecule has 4 nitrogen and oxygen atoms in total. The Morgan fingerprint density at radius 3 is 2.45 bits per heavy atom. The van der Waals surface area contributed by atoms with E-state index in [0.717, 1.165) is 0 Å². The molecule has 110 valence electrons. The molecule has 2 aromatic carbocycles. The molecule has 0 saturated heterocycles. The normalized spacial score (nSPS) is 23.5. The Morgan fingerprint density at radius 1 is 1.14 bits per heavy atom. The molecule has 2 aromatic rings. The molecule has 0 saturated carbocycles. The van der Waals surface area contributed by atoms with Crippen molar-refractivity contribution in [1.29, 1.82) is 5.26 Å². The van der Waals surface area contributed by atoms with E-state index in [9.17, 15) is 15.2 Å². The van der Waals surface area contributed by atoms with Crippen molar-refractivity contribution in [1.82, 2.24) is 0 Å². The molecule has 0 aromatic heterocycles. The van der Waals surface area contributed by atoms with Crippen LogP contribution in [0.25, 0.3) is 0 Å². The van der Waals surface area contributed by atoms with Gasteiger partial charge in [-0.15, -0.1) is 0 Å². The molecule has 3 atom stereocenters. The van der Waals surface area contributed by atoms with Crippen LogP contribution in [0.4, 0.5) is 5.69 Å². The second-order valence-electron chi connectivity index (χ2n) is 5.06. The summed E-state index contributed by atoms with van der Waals surface area (Å²) in [5, 5.41) is 19.9. The number of halogens is 1. The average molecular weight is 357 g/mol. The second-order valence-corrected chi connectivity index (χ2v) is 6.12. The number of carbonyl (C=O) groups is 1. The third-order valence-electron chi connectivity index (χ3n) is 3.77. The van der Waals surface area contributed by atoms with Crippen LogP contribution in [0, 0.1) is 11.3 Å². The van der Waals surface area contributed by atoms with Crippen molar-refractivity contribution in [2.45, 2.75) is 17.0 Å². The Balaban J connectivity index is 2.14. The lowest BCUT2D eigenvalue weighted by Gasteiger charge is -2.39. The standard InChI is InChI=1S/C17H13BrN2O2/c18-15-14(10-19)20(17(22)11-6-2-1-3-7-11)13-9-5-4-8-12(13)16(15)21/h1-9,14-16,21H/t14-,15+,16-/m0/s1. The third kappa shape index (κ3) is 2.31. The maximum Gasteiger partial charge on any atom is 0.259 e. The maximum atomic E-state index is 12.9. The van der Waals surface area contributed by atoms with E-state index in [1.54, 1.807) is 48.5 Å². The number of aliphatic hydroxyl groups is 1. The van der Waals surface area contributed by atoms with Crippen LogP contribution in [0.3, 0.4) is 0 Å². The minimum absolute atomic E-state index is 0.254. The Labute approximate surface area is 136 Å². The highest BCUT2D eigenvalue weighted by molar-refractivity contribution is 9.09. The van der Waals surface area contributed by atoms with Gasteiger partial charge in [-0.05, 0) is 18.2 Å². The number of rotatable bonds is 1. The number of hydrogen-bond acceptors (Lipinski definition) is 3. The number of nitriles is 1. The lowest BCUT2D eigenvalue weighted by molar-refractivity contribution is 0.0962. The fourth-order valence-corrected chi connectivity index (χ4v) is 3.32. The van der Waals surface area contributed by atoms with Crippen LogP contribution < -0.4 is 4.90 Å². The molecule has 1 heterocycles. The lowest BCUT2D eigenvalue weighted by Crippen LogP contribution is -2.50. The Morgan fingerprint density at radius 2 is 1.77 bits per heavy atom. The Bertz CT molecular complexity index is 742. The number of para-hydroxylation sites is 1. The molecule has 1 aliphatic rings. The molecule has 3 rings (SSSR count). The van der Waals surface area contributed by atoms with Crippen LogP contribution in [0.15, 0.2) is 54.6 Å². The predicted molar refractivity (Wildman–Crippen MR) is 86.8 cm³/mol. The molecular weight excluding hydrogens is 344 g/mol. The third-order valence-corrected chi connectivity index (χ3v) is 4.77. The zero-order chi connectivity index (χ0) is 15.7. The topological polar surface area (TPSA) is 64.3 Å². The Hall–Kier alpha value is -2.16. The first kappa shape index (κ1) is 14.8. The summed E-state index contributed by atoms with van der Waals surface area (Å²) in [6.07, 6.45) is -0.833. The van der Waals surface area contributed by atoms with E-state index in [-0.39, 0.29) is 5.91 Å². The Kier molecular flexibility index (Phi) is 3.97. The summed E-state index contributed by atoms with van der Waals surface area (Å²) in [7, 11) is 0. The lowest BCUT2D eigenvalue weighted by atomic mass is 9.93. The highest BCUT2D eigenvalue weighted by Gasteiger charge is 2.42. The molecule has 1 N–H and O–H groups in total. The van der Waals surface area contributed by atoms with E-state index in [1.807, 2.05) is 6.07 Å². The van der Waals surface area contributed by atoms with E-state index in [2.05, 4.69) is 22.0 Å². The summed E-state index contributed by atoms with van der Waals surface area (Å²) >= 11 is 3.37. The molecule has 1 aliphatic heterocycles. The van der Waals surface area contributed by atoms with Crippen molar-refractivity contribution in [3.8, 4) is 6.07 Å². The monoisotopic (exact) mass is 356 g/mol. The van der Waals surface area contributed by atoms with Gasteiger partial charge >= 0.3 is 0 Å². The summed E-state index contributed by atoms with van der Waals surface area (Å²) in [5.41, 5.74) is 1.72. The highest BCUT2D eigenvalue weighted by Crippen LogP contribution is 2.40. The number of amides is 1. The van der Waals surface area contributed by atoms with Gasteiger partial charge in [-0.3, -0.25) is 9.69 Å². The molecule has 22 heavy (non-hydrogen) atoms. The first-order valence-electron chi connectivity index (χ1n) is 6.84. The second kappa shape index (κ2) is 5.91. The zero-order valence-corrected chi connectivity index (χ0v) is 13.1. The number of aliphatic hydroxyl groups excluding tert-OH is 1. The molecule has 0 radical (unpaired) electrons. The molecule has 0 fully saturated rings. The van der Waals surface area contributed by atoms with Gasteiger partial charge in [-0.25, -0.2) is 0 Å². The molecule has 5 heteroatoms. The van der Waals surface area contributed by atoms with Crippen LogP contribution in [0.5, 0.6) is 0 Å². The van der Waals surface area contributed by atoms with Crippen molar-refractivity contribution in [2.75, 3.05) is 4.90 Å². The largest absolute Gasteiger partial charge is 0.387 e. The van der Waals surface area contributed by atoms with Gasteiger partial charge in [0, 0.05) is 11.1 Å². The minimum Gasteiger partial charge on any atom is -0.387 e. The van der Waals surface area contributed by atoms with E-state index >= 15 is 0 Å². The molecule has 0 unspecified atom stereocenters. The first-order valence-corrected chi connectivity index (χ1v) is 7.76. The van der Waals surface area contributed by atoms with Crippen LogP contribution in [0.2, 0.25) is 0 Å². The van der Waals surface area contributed by atoms with Gasteiger partial charge in [0.1, 0.15) is 6.04 Å². The van der Waals surface area contributed by atoms with Gasteiger partial charge in [-0.1, -0.05) is 52.3 Å². The highest BCUT2D eigenvalue weighted by atomic mass is 79.9. The molecule has 1 amide bonds. The van der Waals surface area contributed by atoms with Gasteiger partial charge in [0.15, 0.2) is 0 Å². The summed E-state index contributed by atoms with van der Waals surface area (Å²) in [6, 6.07) is 17.3. The number of hydrogen-bond donors (Lipinski definition) is 1. The summed E-state index contributed by atoms with van der Waals surface area (Å²) in [6.45, 7) is 0. The quantitative estimate of drug-likeness (QED) is 0.798. The fourth-order valence-electron chi connectivity index (χ4n) is 2.68. The molecule has 0 spiro atoms. The summed E-state index contributed by atoms with van der Waals surface area (Å²) < 4.78 is 0. The minimum atomic E-state index is -0.833. The average Bonchev–Trinajstić information content (AvgIpc) is 2.58. The number of fused-ring (bicyclic) bond motifs is 1. The van der Waals surface area contributed by atoms with Crippen LogP contribution in [-0.2, 0) is 0 Å². The van der Waals surface area contributed by atoms with Crippen LogP contribution in [0.1, 0.15) is 22.0 Å². The molecule has 0 aliphatic carbocycles. The van der Waals surface area contributed by atoms with E-state index < -0.39 is 17.0 Å². The van der Waals surface area contributed by atoms with E-state index in [1.165, 1.54) is 4.90 Å². The van der Waals surface area contributed by atoms with E-state index in [0.29, 0.717) is 16.8 Å². The smallest absolute Gasteiger partial charge is 0.259 e. The van der Waals surface area contributed by atoms with Crippen molar-refractivity contribution >= 4 is 27.5 Å². The first-order chi connectivity index (χ1) is 10.6. The van der Waals surface area contributed by atoms with Crippen molar-refractivity contribution in [3.05, 3.63) is 65.7 Å². The SMILES string of the molecule is N#C[C@H]1[C@@H](Br)[C@@H](O)c2ccccc2N1C(=O)c1ccccc1. The fraction of sp³-hybridized carbons (Fsp3) is 0.176. The summed E-state index contributed by atoms with van der Waals surface area (Å²) in [5.74, 6) is -0.254. The molecule has 0 bridgehead atoms. The summed E-state index contributed by atoms with van der Waals surface area (Å²) in [4.78, 5) is 13.8. The van der Waals surface area contributed by atoms with Gasteiger partial charge in [0.05, 0.1) is 22.7 Å². The van der Waals surface area contributed by atoms with E-state index in [4.69, 9.17) is 0 Å².